The smallest absolute Gasteiger partial charge is 0.258 e. The summed E-state index contributed by atoms with van der Waals surface area (Å²) < 4.78 is 58.4. The van der Waals surface area contributed by atoms with Gasteiger partial charge in [0.05, 0.1) is 17.3 Å². The maximum absolute atomic E-state index is 12.5. The number of halogens is 3. The van der Waals surface area contributed by atoms with Crippen LogP contribution in [0.25, 0.3) is 0 Å². The fourth-order valence-electron chi connectivity index (χ4n) is 1.20. The first-order valence-corrected chi connectivity index (χ1v) is 6.56. The van der Waals surface area contributed by atoms with Gasteiger partial charge in [-0.3, -0.25) is 4.98 Å². The Morgan fingerprint density at radius 1 is 1.39 bits per heavy atom. The molecule has 0 bridgehead atoms. The number of pyridine rings is 1. The average Bonchev–Trinajstić information content (AvgIpc) is 2.25. The normalized spacial score (nSPS) is 15.8. The molecule has 0 saturated carbocycles. The van der Waals surface area contributed by atoms with Gasteiger partial charge < -0.3 is 0 Å². The number of aromatic nitrogens is 1. The largest absolute Gasteiger partial charge is 0.416 e. The lowest BCUT2D eigenvalue weighted by Crippen LogP contribution is -2.31. The molecule has 0 aliphatic carbocycles. The molecule has 0 aliphatic heterocycles. The summed E-state index contributed by atoms with van der Waals surface area (Å²) in [6, 6.07) is 2.78. The zero-order valence-corrected chi connectivity index (χ0v) is 10.3. The second kappa shape index (κ2) is 4.24. The fourth-order valence-corrected chi connectivity index (χ4v) is 1.86. The number of hydrogen-bond acceptors (Lipinski definition) is 4. The minimum absolute atomic E-state index is 0.442. The van der Waals surface area contributed by atoms with Crippen molar-refractivity contribution in [2.24, 2.45) is 0 Å². The molecule has 0 spiro atoms. The molecule has 1 aromatic heterocycles. The zero-order valence-electron chi connectivity index (χ0n) is 9.49. The minimum atomic E-state index is -4.62. The summed E-state index contributed by atoms with van der Waals surface area (Å²) in [5.74, 6) is 0. The predicted molar refractivity (Wildman–Crippen MR) is 57.0 cm³/mol. The molecule has 1 atom stereocenters. The van der Waals surface area contributed by atoms with Crippen molar-refractivity contribution in [2.45, 2.75) is 17.8 Å². The van der Waals surface area contributed by atoms with Crippen molar-refractivity contribution < 1.29 is 21.6 Å². The van der Waals surface area contributed by atoms with E-state index in [1.165, 1.54) is 6.07 Å². The van der Waals surface area contributed by atoms with E-state index >= 15 is 0 Å². The van der Waals surface area contributed by atoms with Crippen molar-refractivity contribution >= 4 is 9.84 Å². The van der Waals surface area contributed by atoms with Crippen LogP contribution in [0.5, 0.6) is 0 Å². The van der Waals surface area contributed by atoms with Crippen LogP contribution in [0.3, 0.4) is 0 Å². The molecule has 0 aromatic carbocycles. The number of sulfone groups is 1. The third-order valence-corrected chi connectivity index (χ3v) is 4.31. The summed E-state index contributed by atoms with van der Waals surface area (Å²) in [6.07, 6.45) is -3.01. The van der Waals surface area contributed by atoms with Crippen LogP contribution in [0.4, 0.5) is 13.2 Å². The topological polar surface area (TPSA) is 70.8 Å². The van der Waals surface area contributed by atoms with Gasteiger partial charge in [0, 0.05) is 12.5 Å². The van der Waals surface area contributed by atoms with Crippen molar-refractivity contribution in [3.63, 3.8) is 0 Å². The van der Waals surface area contributed by atoms with Crippen molar-refractivity contribution in [1.82, 2.24) is 4.98 Å². The summed E-state index contributed by atoms with van der Waals surface area (Å²) in [5, 5.41) is 8.92. The Hall–Kier alpha value is -1.62. The maximum atomic E-state index is 12.5. The van der Waals surface area contributed by atoms with E-state index in [0.29, 0.717) is 12.1 Å². The first-order chi connectivity index (χ1) is 8.02. The molecule has 1 aromatic rings. The second-order valence-electron chi connectivity index (χ2n) is 3.84. The van der Waals surface area contributed by atoms with Gasteiger partial charge in [0.15, 0.2) is 14.6 Å². The molecular weight excluding hydrogens is 269 g/mol. The van der Waals surface area contributed by atoms with E-state index in [9.17, 15) is 21.6 Å². The van der Waals surface area contributed by atoms with Crippen LogP contribution in [0.1, 0.15) is 18.2 Å². The first-order valence-electron chi connectivity index (χ1n) is 4.67. The van der Waals surface area contributed by atoms with Crippen LogP contribution < -0.4 is 0 Å². The van der Waals surface area contributed by atoms with Crippen LogP contribution >= 0.6 is 0 Å². The van der Waals surface area contributed by atoms with Crippen LogP contribution in [-0.4, -0.2) is 19.7 Å². The van der Waals surface area contributed by atoms with Gasteiger partial charge in [0.2, 0.25) is 0 Å². The highest BCUT2D eigenvalue weighted by Crippen LogP contribution is 2.33. The quantitative estimate of drug-likeness (QED) is 0.828. The Morgan fingerprint density at radius 3 is 2.33 bits per heavy atom. The summed E-state index contributed by atoms with van der Waals surface area (Å²) >= 11 is 0. The lowest BCUT2D eigenvalue weighted by atomic mass is 10.1. The number of alkyl halides is 3. The van der Waals surface area contributed by atoms with Crippen molar-refractivity contribution in [2.75, 3.05) is 6.26 Å². The third kappa shape index (κ3) is 2.46. The van der Waals surface area contributed by atoms with Gasteiger partial charge >= 0.3 is 6.18 Å². The summed E-state index contributed by atoms with van der Waals surface area (Å²) in [4.78, 5) is 3.56. The third-order valence-electron chi connectivity index (χ3n) is 2.53. The molecule has 8 heteroatoms. The Kier molecular flexibility index (Phi) is 3.40. The van der Waals surface area contributed by atoms with E-state index in [-0.39, 0.29) is 0 Å². The van der Waals surface area contributed by atoms with Gasteiger partial charge in [0.1, 0.15) is 0 Å². The molecule has 98 valence electrons. The molecule has 4 nitrogen and oxygen atoms in total. The number of rotatable bonds is 2. The van der Waals surface area contributed by atoms with E-state index in [1.807, 2.05) is 0 Å². The van der Waals surface area contributed by atoms with Crippen LogP contribution in [0.15, 0.2) is 18.3 Å². The van der Waals surface area contributed by atoms with Gasteiger partial charge in [-0.1, -0.05) is 0 Å². The average molecular weight is 278 g/mol. The predicted octanol–water partition coefficient (Wildman–Crippen LogP) is 1.88. The molecule has 1 rings (SSSR count). The van der Waals surface area contributed by atoms with Gasteiger partial charge in [-0.25, -0.2) is 8.42 Å². The van der Waals surface area contributed by atoms with E-state index in [2.05, 4.69) is 4.98 Å². The number of nitrogens with zero attached hydrogens (tertiary/aromatic N) is 2. The molecular formula is C10H9F3N2O2S. The Bertz CT molecular complexity index is 604. The molecule has 0 N–H and O–H groups in total. The second-order valence-corrected chi connectivity index (χ2v) is 6.21. The van der Waals surface area contributed by atoms with E-state index in [1.54, 1.807) is 0 Å². The van der Waals surface area contributed by atoms with Gasteiger partial charge in [0.25, 0.3) is 0 Å². The molecule has 1 unspecified atom stereocenters. The van der Waals surface area contributed by atoms with Gasteiger partial charge in [-0.15, -0.1) is 0 Å². The lowest BCUT2D eigenvalue weighted by molar-refractivity contribution is -0.137. The van der Waals surface area contributed by atoms with Crippen molar-refractivity contribution in [3.05, 3.63) is 29.6 Å². The highest BCUT2D eigenvalue weighted by molar-refractivity contribution is 7.91. The molecule has 0 amide bonds. The molecule has 18 heavy (non-hydrogen) atoms. The standard InChI is InChI=1S/C10H9F3N2O2S/c1-9(6-14,18(2,16)17)8-5-7(3-4-15-8)10(11,12)13/h3-5H,1-2H3. The van der Waals surface area contributed by atoms with Crippen LogP contribution in [0, 0.1) is 11.3 Å². The first kappa shape index (κ1) is 14.4. The number of nitriles is 1. The lowest BCUT2D eigenvalue weighted by Gasteiger charge is -2.19. The van der Waals surface area contributed by atoms with Crippen molar-refractivity contribution in [3.8, 4) is 6.07 Å². The highest BCUT2D eigenvalue weighted by Gasteiger charge is 2.41. The summed E-state index contributed by atoms with van der Waals surface area (Å²) in [7, 11) is -3.92. The molecule has 0 fully saturated rings. The Balaban J connectivity index is 3.49. The minimum Gasteiger partial charge on any atom is -0.258 e. The summed E-state index contributed by atoms with van der Waals surface area (Å²) in [6.45, 7) is 1.02. The molecule has 0 aliphatic rings. The fraction of sp³-hybridized carbons (Fsp3) is 0.400. The summed E-state index contributed by atoms with van der Waals surface area (Å²) in [5.41, 5.74) is -1.49. The van der Waals surface area contributed by atoms with E-state index < -0.39 is 32.0 Å². The molecule has 1 heterocycles. The van der Waals surface area contributed by atoms with Gasteiger partial charge in [-0.2, -0.15) is 18.4 Å². The Morgan fingerprint density at radius 2 is 1.94 bits per heavy atom. The van der Waals surface area contributed by atoms with Gasteiger partial charge in [-0.05, 0) is 19.1 Å². The van der Waals surface area contributed by atoms with Crippen LogP contribution in [0.2, 0.25) is 0 Å². The van der Waals surface area contributed by atoms with E-state index in [0.717, 1.165) is 19.4 Å². The maximum Gasteiger partial charge on any atom is 0.416 e. The Labute approximate surface area is 102 Å². The monoisotopic (exact) mass is 278 g/mol. The highest BCUT2D eigenvalue weighted by atomic mass is 32.2. The number of hydrogen-bond donors (Lipinski definition) is 0. The molecule has 0 saturated heterocycles. The zero-order chi connectivity index (χ0) is 14.2. The van der Waals surface area contributed by atoms with E-state index in [4.69, 9.17) is 5.26 Å². The van der Waals surface area contributed by atoms with Crippen LogP contribution in [-0.2, 0) is 20.8 Å². The molecule has 0 radical (unpaired) electrons. The SMILES string of the molecule is CC(C#N)(c1cc(C(F)(F)F)ccn1)S(C)(=O)=O. The van der Waals surface area contributed by atoms with Crippen molar-refractivity contribution in [1.29, 1.82) is 5.26 Å².